The molecule has 31 heavy (non-hydrogen) atoms. The molecule has 4 aromatic rings. The van der Waals surface area contributed by atoms with E-state index >= 15 is 0 Å². The fourth-order valence-electron chi connectivity index (χ4n) is 3.63. The zero-order valence-electron chi connectivity index (χ0n) is 17.2. The molecule has 1 amide bonds. The number of nitrogens with zero attached hydrogens (tertiary/aromatic N) is 2. The van der Waals surface area contributed by atoms with Gasteiger partial charge in [-0.2, -0.15) is 0 Å². The van der Waals surface area contributed by atoms with Crippen LogP contribution in [0.5, 0.6) is 0 Å². The second-order valence-electron chi connectivity index (χ2n) is 7.03. The maximum atomic E-state index is 13.0. The monoisotopic (exact) mass is 434 g/mol. The highest BCUT2D eigenvalue weighted by atomic mass is 32.2. The number of aryl methyl sites for hydroxylation is 2. The average Bonchev–Trinajstić information content (AvgIpc) is 3.06. The zero-order chi connectivity index (χ0) is 22.0. The van der Waals surface area contributed by atoms with Crippen LogP contribution >= 0.6 is 0 Å². The number of para-hydroxylation sites is 1. The molecule has 0 radical (unpaired) electrons. The maximum Gasteiger partial charge on any atom is 0.272 e. The van der Waals surface area contributed by atoms with Crippen molar-refractivity contribution < 1.29 is 13.2 Å². The Hall–Kier alpha value is -3.65. The van der Waals surface area contributed by atoms with Crippen LogP contribution in [0.25, 0.3) is 10.9 Å². The summed E-state index contributed by atoms with van der Waals surface area (Å²) in [6.45, 7) is 4.59. The zero-order valence-corrected chi connectivity index (χ0v) is 18.0. The Kier molecular flexibility index (Phi) is 5.48. The molecule has 4 rings (SSSR count). The number of hydrogen-bond acceptors (Lipinski definition) is 4. The van der Waals surface area contributed by atoms with Crippen molar-refractivity contribution >= 4 is 38.3 Å². The van der Waals surface area contributed by atoms with Gasteiger partial charge in [0.2, 0.25) is 0 Å². The number of anilines is 2. The van der Waals surface area contributed by atoms with E-state index in [1.54, 1.807) is 30.3 Å². The van der Waals surface area contributed by atoms with Gasteiger partial charge in [0.1, 0.15) is 11.5 Å². The van der Waals surface area contributed by atoms with Gasteiger partial charge in [0.25, 0.3) is 15.9 Å². The summed E-state index contributed by atoms with van der Waals surface area (Å²) >= 11 is 0. The highest BCUT2D eigenvalue weighted by Gasteiger charge is 2.20. The van der Waals surface area contributed by atoms with E-state index in [0.29, 0.717) is 17.9 Å². The van der Waals surface area contributed by atoms with E-state index in [0.717, 1.165) is 16.5 Å². The van der Waals surface area contributed by atoms with Gasteiger partial charge in [0, 0.05) is 29.3 Å². The normalized spacial score (nSPS) is 11.4. The Bertz CT molecular complexity index is 1350. The first-order valence-electron chi connectivity index (χ1n) is 9.84. The van der Waals surface area contributed by atoms with Crippen LogP contribution in [-0.2, 0) is 16.6 Å². The second-order valence-corrected chi connectivity index (χ2v) is 8.72. The molecule has 2 aromatic carbocycles. The largest absolute Gasteiger partial charge is 0.337 e. The third kappa shape index (κ3) is 4.02. The smallest absolute Gasteiger partial charge is 0.272 e. The van der Waals surface area contributed by atoms with Crippen molar-refractivity contribution in [1.29, 1.82) is 0 Å². The summed E-state index contributed by atoms with van der Waals surface area (Å²) in [5, 5.41) is 3.91. The van der Waals surface area contributed by atoms with Crippen LogP contribution in [0.1, 0.15) is 23.0 Å². The Balaban J connectivity index is 1.57. The molecule has 2 heterocycles. The lowest BCUT2D eigenvalue weighted by Crippen LogP contribution is -2.18. The number of benzene rings is 2. The maximum absolute atomic E-state index is 13.0. The first-order chi connectivity index (χ1) is 14.9. The Morgan fingerprint density at radius 3 is 2.39 bits per heavy atom. The van der Waals surface area contributed by atoms with Gasteiger partial charge in [-0.15, -0.1) is 0 Å². The van der Waals surface area contributed by atoms with Crippen molar-refractivity contribution in [3.63, 3.8) is 0 Å². The summed E-state index contributed by atoms with van der Waals surface area (Å²) in [7, 11) is -3.77. The highest BCUT2D eigenvalue weighted by Crippen LogP contribution is 2.26. The lowest BCUT2D eigenvalue weighted by Gasteiger charge is -2.11. The molecule has 0 aliphatic carbocycles. The molecule has 8 heteroatoms. The molecular formula is C23H22N4O3S. The van der Waals surface area contributed by atoms with Crippen LogP contribution < -0.4 is 10.0 Å². The summed E-state index contributed by atoms with van der Waals surface area (Å²) in [5.74, 6) is 0.000478. The van der Waals surface area contributed by atoms with E-state index in [-0.39, 0.29) is 16.6 Å². The van der Waals surface area contributed by atoms with Gasteiger partial charge in [-0.1, -0.05) is 24.3 Å². The van der Waals surface area contributed by atoms with Gasteiger partial charge in [0.05, 0.1) is 4.90 Å². The molecule has 0 aliphatic rings. The van der Waals surface area contributed by atoms with Crippen LogP contribution in [0.4, 0.5) is 11.5 Å². The molecular weight excluding hydrogens is 412 g/mol. The van der Waals surface area contributed by atoms with E-state index in [1.165, 1.54) is 18.3 Å². The first kappa shape index (κ1) is 20.6. The van der Waals surface area contributed by atoms with Gasteiger partial charge in [-0.3, -0.25) is 9.52 Å². The number of carbonyl (C=O) groups is 1. The molecule has 2 aromatic heterocycles. The minimum atomic E-state index is -3.77. The molecule has 0 aliphatic heterocycles. The van der Waals surface area contributed by atoms with Crippen molar-refractivity contribution in [2.24, 2.45) is 0 Å². The quantitative estimate of drug-likeness (QED) is 0.470. The van der Waals surface area contributed by atoms with Crippen molar-refractivity contribution in [3.8, 4) is 0 Å². The summed E-state index contributed by atoms with van der Waals surface area (Å²) in [5.41, 5.74) is 3.02. The van der Waals surface area contributed by atoms with E-state index < -0.39 is 10.0 Å². The SMILES string of the molecule is CCn1c(C(=O)Nc2ccc(S(=O)(=O)Nc3ccccn3)cc2)c(C)c2ccccc21. The Labute approximate surface area is 180 Å². The fourth-order valence-corrected chi connectivity index (χ4v) is 4.63. The molecule has 0 saturated heterocycles. The number of hydrogen-bond donors (Lipinski definition) is 2. The van der Waals surface area contributed by atoms with Crippen LogP contribution in [-0.4, -0.2) is 23.9 Å². The van der Waals surface area contributed by atoms with Gasteiger partial charge in [0.15, 0.2) is 0 Å². The molecule has 0 saturated carbocycles. The lowest BCUT2D eigenvalue weighted by molar-refractivity contribution is 0.101. The summed E-state index contributed by atoms with van der Waals surface area (Å²) in [4.78, 5) is 17.1. The third-order valence-corrected chi connectivity index (χ3v) is 6.45. The molecule has 7 nitrogen and oxygen atoms in total. The van der Waals surface area contributed by atoms with Gasteiger partial charge < -0.3 is 9.88 Å². The highest BCUT2D eigenvalue weighted by molar-refractivity contribution is 7.92. The molecule has 158 valence electrons. The number of nitrogens with one attached hydrogen (secondary N) is 2. The predicted molar refractivity (Wildman–Crippen MR) is 122 cm³/mol. The van der Waals surface area contributed by atoms with E-state index in [1.807, 2.05) is 42.7 Å². The number of carbonyl (C=O) groups excluding carboxylic acids is 1. The second kappa shape index (κ2) is 8.23. The number of pyridine rings is 1. The number of fused-ring (bicyclic) bond motifs is 1. The molecule has 2 N–H and O–H groups in total. The number of aromatic nitrogens is 2. The third-order valence-electron chi connectivity index (χ3n) is 5.08. The minimum Gasteiger partial charge on any atom is -0.337 e. The molecule has 0 bridgehead atoms. The molecule has 0 atom stereocenters. The van der Waals surface area contributed by atoms with E-state index in [2.05, 4.69) is 15.0 Å². The standard InChI is InChI=1S/C23H22N4O3S/c1-3-27-20-9-5-4-8-19(20)16(2)22(27)23(28)25-17-11-13-18(14-12-17)31(29,30)26-21-10-6-7-15-24-21/h4-15H,3H2,1-2H3,(H,24,26)(H,25,28). The molecule has 0 spiro atoms. The lowest BCUT2D eigenvalue weighted by atomic mass is 10.1. The van der Waals surface area contributed by atoms with Gasteiger partial charge in [-0.25, -0.2) is 13.4 Å². The predicted octanol–water partition coefficient (Wildman–Crippen LogP) is 4.42. The van der Waals surface area contributed by atoms with Gasteiger partial charge >= 0.3 is 0 Å². The molecule has 0 fully saturated rings. The summed E-state index contributed by atoms with van der Waals surface area (Å²) in [6, 6.07) is 18.9. The van der Waals surface area contributed by atoms with Crippen LogP contribution in [0.2, 0.25) is 0 Å². The number of amides is 1. The summed E-state index contributed by atoms with van der Waals surface area (Å²) < 4.78 is 29.5. The van der Waals surface area contributed by atoms with Crippen LogP contribution in [0.3, 0.4) is 0 Å². The number of sulfonamides is 1. The van der Waals surface area contributed by atoms with E-state index in [4.69, 9.17) is 0 Å². The van der Waals surface area contributed by atoms with Crippen molar-refractivity contribution in [2.45, 2.75) is 25.3 Å². The van der Waals surface area contributed by atoms with Crippen LogP contribution in [0, 0.1) is 6.92 Å². The van der Waals surface area contributed by atoms with E-state index in [9.17, 15) is 13.2 Å². The Morgan fingerprint density at radius 2 is 1.71 bits per heavy atom. The van der Waals surface area contributed by atoms with Crippen molar-refractivity contribution in [1.82, 2.24) is 9.55 Å². The minimum absolute atomic E-state index is 0.0787. The first-order valence-corrected chi connectivity index (χ1v) is 11.3. The van der Waals surface area contributed by atoms with Gasteiger partial charge in [-0.05, 0) is 61.9 Å². The summed E-state index contributed by atoms with van der Waals surface area (Å²) in [6.07, 6.45) is 1.51. The topological polar surface area (TPSA) is 93.1 Å². The average molecular weight is 435 g/mol. The van der Waals surface area contributed by atoms with Crippen LogP contribution in [0.15, 0.2) is 77.8 Å². The number of rotatable bonds is 6. The van der Waals surface area contributed by atoms with Crippen molar-refractivity contribution in [3.05, 3.63) is 84.2 Å². The van der Waals surface area contributed by atoms with Crippen molar-refractivity contribution in [2.75, 3.05) is 10.0 Å². The fraction of sp³-hybridized carbons (Fsp3) is 0.130. The molecule has 0 unspecified atom stereocenters. The Morgan fingerprint density at radius 1 is 1.00 bits per heavy atom.